The number of carbonyl (C=O) groups excluding carboxylic acids is 3. The zero-order valence-electron chi connectivity index (χ0n) is 29.5. The number of allylic oxidation sites excluding steroid dienone is 1. The third kappa shape index (κ3) is 8.82. The van der Waals surface area contributed by atoms with Crippen LogP contribution < -0.4 is 15.4 Å². The Bertz CT molecular complexity index is 1530. The summed E-state index contributed by atoms with van der Waals surface area (Å²) in [4.78, 5) is 42.7. The number of nitrogens with one attached hydrogen (secondary N) is 3. The summed E-state index contributed by atoms with van der Waals surface area (Å²) >= 11 is 0. The van der Waals surface area contributed by atoms with Crippen LogP contribution in [0.3, 0.4) is 0 Å². The summed E-state index contributed by atoms with van der Waals surface area (Å²) in [5, 5.41) is 5.52. The minimum absolute atomic E-state index is 0.185. The number of rotatable bonds is 17. The van der Waals surface area contributed by atoms with Crippen LogP contribution in [0.1, 0.15) is 88.8 Å². The van der Waals surface area contributed by atoms with Crippen molar-refractivity contribution in [2.75, 3.05) is 27.0 Å². The van der Waals surface area contributed by atoms with Gasteiger partial charge in [-0.15, -0.1) is 6.58 Å². The van der Waals surface area contributed by atoms with Crippen molar-refractivity contribution in [3.63, 3.8) is 0 Å². The molecule has 0 aromatic heterocycles. The Labute approximate surface area is 291 Å². The highest BCUT2D eigenvalue weighted by Gasteiger charge is 2.62. The number of amides is 3. The standard InChI is InChI=1S/C37H54N4O7S/c1-6-27-22-37(27,35(44)40-49(45,46)29-18-19-29)39-33(42)31-21-28(47-5)23-41(31)34(43)32(36(2,3)4)38-24-48-20-11-7-8-13-25-15-12-16-26-14-9-10-17-30(25)26/h6,9,12,14-16,27-29,31-32,38H,1,7-8,10-11,13,17-24H2,2-5H3,(H,39,42)(H,40,44). The van der Waals surface area contributed by atoms with E-state index in [1.54, 1.807) is 6.08 Å². The fraction of sp³-hybridized carbons (Fsp3) is 0.649. The Morgan fingerprint density at radius 2 is 1.94 bits per heavy atom. The van der Waals surface area contributed by atoms with E-state index in [2.05, 4.69) is 52.3 Å². The fourth-order valence-corrected chi connectivity index (χ4v) is 8.47. The molecule has 4 aliphatic rings. The summed E-state index contributed by atoms with van der Waals surface area (Å²) in [5.41, 5.74) is 2.35. The molecular formula is C37H54N4O7S. The van der Waals surface area contributed by atoms with Gasteiger partial charge in [0.1, 0.15) is 11.6 Å². The van der Waals surface area contributed by atoms with Gasteiger partial charge in [0, 0.05) is 32.6 Å². The van der Waals surface area contributed by atoms with E-state index in [0.29, 0.717) is 19.4 Å². The molecule has 1 heterocycles. The monoisotopic (exact) mass is 698 g/mol. The van der Waals surface area contributed by atoms with E-state index in [1.165, 1.54) is 28.7 Å². The first-order chi connectivity index (χ1) is 23.3. The van der Waals surface area contributed by atoms with E-state index >= 15 is 0 Å². The number of fused-ring (bicyclic) bond motifs is 1. The molecule has 5 atom stereocenters. The summed E-state index contributed by atoms with van der Waals surface area (Å²) in [5.74, 6) is -1.97. The predicted octanol–water partition coefficient (Wildman–Crippen LogP) is 3.62. The lowest BCUT2D eigenvalue weighted by Gasteiger charge is -2.35. The van der Waals surface area contributed by atoms with Gasteiger partial charge >= 0.3 is 0 Å². The Morgan fingerprint density at radius 1 is 1.16 bits per heavy atom. The third-order valence-electron chi connectivity index (χ3n) is 10.3. The van der Waals surface area contributed by atoms with Gasteiger partial charge in [-0.2, -0.15) is 0 Å². The van der Waals surface area contributed by atoms with E-state index in [-0.39, 0.29) is 38.1 Å². The van der Waals surface area contributed by atoms with E-state index in [1.807, 2.05) is 20.8 Å². The van der Waals surface area contributed by atoms with Gasteiger partial charge in [0.2, 0.25) is 21.8 Å². The van der Waals surface area contributed by atoms with Gasteiger partial charge in [0.25, 0.3) is 5.91 Å². The Kier molecular flexibility index (Phi) is 11.7. The second-order valence-corrected chi connectivity index (χ2v) is 17.0. The van der Waals surface area contributed by atoms with Crippen LogP contribution in [0.15, 0.2) is 36.9 Å². The minimum Gasteiger partial charge on any atom is -0.380 e. The van der Waals surface area contributed by atoms with Crippen LogP contribution in [0.5, 0.6) is 0 Å². The van der Waals surface area contributed by atoms with Crippen molar-refractivity contribution in [2.24, 2.45) is 11.3 Å². The van der Waals surface area contributed by atoms with Gasteiger partial charge < -0.3 is 19.7 Å². The largest absolute Gasteiger partial charge is 0.380 e. The molecule has 3 N–H and O–H groups in total. The van der Waals surface area contributed by atoms with Crippen molar-refractivity contribution in [1.82, 2.24) is 20.3 Å². The average molecular weight is 699 g/mol. The molecule has 49 heavy (non-hydrogen) atoms. The number of likely N-dealkylation sites (tertiary alicyclic amines) is 1. The minimum atomic E-state index is -3.81. The van der Waals surface area contributed by atoms with E-state index in [0.717, 1.165) is 38.5 Å². The predicted molar refractivity (Wildman–Crippen MR) is 189 cm³/mol. The van der Waals surface area contributed by atoms with Crippen LogP contribution in [0, 0.1) is 11.3 Å². The van der Waals surface area contributed by atoms with Gasteiger partial charge in [0.15, 0.2) is 0 Å². The number of unbranched alkanes of at least 4 members (excludes halogenated alkanes) is 2. The Morgan fingerprint density at radius 3 is 2.61 bits per heavy atom. The second-order valence-electron chi connectivity index (χ2n) is 15.1. The van der Waals surface area contributed by atoms with Gasteiger partial charge in [-0.3, -0.25) is 24.4 Å². The van der Waals surface area contributed by atoms with Crippen molar-refractivity contribution in [3.05, 3.63) is 53.6 Å². The van der Waals surface area contributed by atoms with Crippen LogP contribution in [-0.2, 0) is 46.7 Å². The maximum atomic E-state index is 14.1. The topological polar surface area (TPSA) is 143 Å². The van der Waals surface area contributed by atoms with Crippen LogP contribution in [0.4, 0.5) is 0 Å². The smallest absolute Gasteiger partial charge is 0.259 e. The molecule has 3 amide bonds. The number of sulfonamides is 1. The van der Waals surface area contributed by atoms with Crippen LogP contribution in [-0.4, -0.2) is 87.0 Å². The number of benzene rings is 1. The second kappa shape index (κ2) is 15.4. The number of ether oxygens (including phenoxy) is 2. The molecule has 3 fully saturated rings. The molecule has 12 heteroatoms. The van der Waals surface area contributed by atoms with Crippen molar-refractivity contribution in [2.45, 2.75) is 114 Å². The highest BCUT2D eigenvalue weighted by atomic mass is 32.2. The van der Waals surface area contributed by atoms with Crippen molar-refractivity contribution in [3.8, 4) is 0 Å². The molecule has 0 bridgehead atoms. The zero-order chi connectivity index (χ0) is 35.4. The van der Waals surface area contributed by atoms with Gasteiger partial charge in [0.05, 0.1) is 24.1 Å². The molecule has 5 unspecified atom stereocenters. The molecule has 2 saturated carbocycles. The van der Waals surface area contributed by atoms with Crippen LogP contribution in [0.2, 0.25) is 0 Å². The van der Waals surface area contributed by atoms with Crippen molar-refractivity contribution < 1.29 is 32.3 Å². The number of hydrogen-bond acceptors (Lipinski definition) is 8. The summed E-state index contributed by atoms with van der Waals surface area (Å²) in [6, 6.07) is 5.02. The van der Waals surface area contributed by atoms with Gasteiger partial charge in [-0.05, 0) is 73.5 Å². The van der Waals surface area contributed by atoms with Gasteiger partial charge in [-0.25, -0.2) is 8.42 Å². The quantitative estimate of drug-likeness (QED) is 0.127. The van der Waals surface area contributed by atoms with Crippen LogP contribution in [0.25, 0.3) is 6.08 Å². The lowest BCUT2D eigenvalue weighted by molar-refractivity contribution is -0.143. The molecule has 1 aromatic rings. The molecule has 1 aromatic carbocycles. The molecule has 11 nitrogen and oxygen atoms in total. The molecule has 5 rings (SSSR count). The Hall–Kier alpha value is -3.06. The molecular weight excluding hydrogens is 644 g/mol. The summed E-state index contributed by atoms with van der Waals surface area (Å²) in [6.45, 7) is 10.6. The average Bonchev–Trinajstić information content (AvgIpc) is 3.99. The number of nitrogens with zero attached hydrogens (tertiary/aromatic N) is 1. The van der Waals surface area contributed by atoms with Crippen molar-refractivity contribution in [1.29, 1.82) is 0 Å². The maximum Gasteiger partial charge on any atom is 0.259 e. The summed E-state index contributed by atoms with van der Waals surface area (Å²) < 4.78 is 38.7. The summed E-state index contributed by atoms with van der Waals surface area (Å²) in [7, 11) is -2.27. The SMILES string of the molecule is C=CC1CC1(NC(=O)C1CC(OC)CN1C(=O)C(NCOCCCCCc1cccc2c1CCC=C2)C(C)(C)C)C(=O)NS(=O)(=O)C1CC1. The third-order valence-corrected chi connectivity index (χ3v) is 12.2. The molecule has 0 spiro atoms. The van der Waals surface area contributed by atoms with Gasteiger partial charge in [-0.1, -0.05) is 63.6 Å². The number of hydrogen-bond donors (Lipinski definition) is 3. The van der Waals surface area contributed by atoms with E-state index < -0.39 is 56.0 Å². The zero-order valence-corrected chi connectivity index (χ0v) is 30.3. The number of carbonyl (C=O) groups is 3. The number of methoxy groups -OCH3 is 1. The summed E-state index contributed by atoms with van der Waals surface area (Å²) in [6.07, 6.45) is 13.5. The molecule has 1 aliphatic heterocycles. The van der Waals surface area contributed by atoms with E-state index in [9.17, 15) is 22.8 Å². The fourth-order valence-electron chi connectivity index (χ4n) is 7.11. The van der Waals surface area contributed by atoms with Crippen molar-refractivity contribution >= 4 is 33.8 Å². The lowest BCUT2D eigenvalue weighted by Crippen LogP contribution is -2.59. The number of aryl methyl sites for hydroxylation is 1. The highest BCUT2D eigenvalue weighted by Crippen LogP contribution is 2.45. The van der Waals surface area contributed by atoms with Crippen LogP contribution >= 0.6 is 0 Å². The molecule has 3 aliphatic carbocycles. The molecule has 270 valence electrons. The first-order valence-electron chi connectivity index (χ1n) is 17.7. The molecule has 1 saturated heterocycles. The normalized spacial score (nSPS) is 25.4. The van der Waals surface area contributed by atoms with E-state index in [4.69, 9.17) is 9.47 Å². The maximum absolute atomic E-state index is 14.1. The first kappa shape index (κ1) is 37.2. The highest BCUT2D eigenvalue weighted by molar-refractivity contribution is 7.91. The first-order valence-corrected chi connectivity index (χ1v) is 19.3. The molecule has 0 radical (unpaired) electrons. The lowest BCUT2D eigenvalue weighted by atomic mass is 9.85. The Balaban J connectivity index is 1.13.